The van der Waals surface area contributed by atoms with E-state index in [4.69, 9.17) is 0 Å². The molecule has 0 unspecified atom stereocenters. The number of halogens is 1. The molecule has 2 rings (SSSR count). The number of imidazole rings is 1. The Kier molecular flexibility index (Phi) is 7.60. The van der Waals surface area contributed by atoms with Crippen LogP contribution in [0.4, 0.5) is 0 Å². The molecule has 7 nitrogen and oxygen atoms in total. The van der Waals surface area contributed by atoms with Crippen molar-refractivity contribution in [3.05, 3.63) is 24.7 Å². The third-order valence-corrected chi connectivity index (χ3v) is 5.41. The number of hydrogen-bond acceptors (Lipinski definition) is 4. The molecular weight excluding hydrogens is 447 g/mol. The first-order valence-corrected chi connectivity index (χ1v) is 10.3. The Morgan fingerprint density at radius 2 is 1.69 bits per heavy atom. The Balaban J connectivity index is 2.37. The van der Waals surface area contributed by atoms with Crippen LogP contribution in [0.3, 0.4) is 0 Å². The van der Waals surface area contributed by atoms with Crippen molar-refractivity contribution in [2.45, 2.75) is 71.9 Å². The number of ketones is 1. The second kappa shape index (κ2) is 9.48. The van der Waals surface area contributed by atoms with Crippen molar-refractivity contribution in [2.24, 2.45) is 7.05 Å². The van der Waals surface area contributed by atoms with Crippen LogP contribution in [0.5, 0.6) is 0 Å². The van der Waals surface area contributed by atoms with E-state index >= 15 is 0 Å². The number of Topliss-reactive ketones (excluding diaryl/α,β-unsaturated/α-hetero) is 1. The predicted octanol–water partition coefficient (Wildman–Crippen LogP) is 2.84. The van der Waals surface area contributed by atoms with Crippen molar-refractivity contribution >= 4 is 39.5 Å². The van der Waals surface area contributed by atoms with E-state index in [-0.39, 0.29) is 17.0 Å². The largest absolute Gasteiger partial charge is 0.332 e. The van der Waals surface area contributed by atoms with Crippen LogP contribution < -0.4 is 11.2 Å². The van der Waals surface area contributed by atoms with E-state index in [1.165, 1.54) is 9.13 Å². The van der Waals surface area contributed by atoms with Crippen molar-refractivity contribution < 1.29 is 4.79 Å². The van der Waals surface area contributed by atoms with Crippen molar-refractivity contribution in [2.75, 3.05) is 0 Å². The third kappa shape index (κ3) is 4.63. The fourth-order valence-electron chi connectivity index (χ4n) is 3.09. The fourth-order valence-corrected chi connectivity index (χ4v) is 3.80. The van der Waals surface area contributed by atoms with Crippen molar-refractivity contribution in [1.29, 1.82) is 0 Å². The number of nitrogens with zero attached hydrogens (tertiary/aromatic N) is 4. The van der Waals surface area contributed by atoms with Gasteiger partial charge in [-0.3, -0.25) is 13.9 Å². The molecule has 0 atom stereocenters. The molecule has 0 bridgehead atoms. The smallest absolute Gasteiger partial charge is 0.313 e. The van der Waals surface area contributed by atoms with Gasteiger partial charge in [0, 0.05) is 49.1 Å². The highest BCUT2D eigenvalue weighted by molar-refractivity contribution is 14.1. The topological polar surface area (TPSA) is 78.9 Å². The molecule has 0 aromatic carbocycles. The van der Waals surface area contributed by atoms with Crippen LogP contribution in [0.15, 0.2) is 9.59 Å². The number of unbranched alkanes of at least 4 members (excludes halogenated alkanes) is 4. The zero-order valence-corrected chi connectivity index (χ0v) is 17.9. The quantitative estimate of drug-likeness (QED) is 0.302. The molecule has 0 saturated carbocycles. The number of rotatable bonds is 10. The van der Waals surface area contributed by atoms with Crippen LogP contribution in [0.1, 0.15) is 58.8 Å². The Hall–Kier alpha value is -1.45. The molecule has 0 aliphatic carbocycles. The maximum atomic E-state index is 13.0. The first-order valence-electron chi connectivity index (χ1n) is 9.23. The lowest BCUT2D eigenvalue weighted by Crippen LogP contribution is -2.39. The molecular formula is C18H27IN4O3. The van der Waals surface area contributed by atoms with Crippen LogP contribution >= 0.6 is 22.6 Å². The summed E-state index contributed by atoms with van der Waals surface area (Å²) in [6, 6.07) is 0. The molecule has 2 heterocycles. The molecule has 2 aromatic heterocycles. The van der Waals surface area contributed by atoms with Crippen LogP contribution in [0.2, 0.25) is 0 Å². The fraction of sp³-hybridized carbons (Fsp3) is 0.667. The molecule has 0 saturated heterocycles. The highest BCUT2D eigenvalue weighted by atomic mass is 127. The first kappa shape index (κ1) is 20.9. The van der Waals surface area contributed by atoms with E-state index in [2.05, 4.69) is 34.5 Å². The summed E-state index contributed by atoms with van der Waals surface area (Å²) in [4.78, 5) is 41.1. The molecule has 0 aliphatic heterocycles. The Morgan fingerprint density at radius 3 is 2.35 bits per heavy atom. The molecule has 26 heavy (non-hydrogen) atoms. The lowest BCUT2D eigenvalue weighted by molar-refractivity contribution is -0.117. The zero-order chi connectivity index (χ0) is 19.3. The SMILES string of the molecule is CCCCCCn1c(=O)c2c(nc(I)n2CCCCC(C)=O)n(C)c1=O. The number of carbonyl (C=O) groups excluding carboxylic acids is 1. The first-order chi connectivity index (χ1) is 12.4. The minimum atomic E-state index is -0.309. The van der Waals surface area contributed by atoms with Gasteiger partial charge in [0.15, 0.2) is 15.0 Å². The summed E-state index contributed by atoms with van der Waals surface area (Å²) in [5.41, 5.74) is 0.341. The van der Waals surface area contributed by atoms with Crippen LogP contribution in [-0.2, 0) is 24.9 Å². The molecule has 0 spiro atoms. The number of aryl methyl sites for hydroxylation is 2. The number of fused-ring (bicyclic) bond motifs is 1. The van der Waals surface area contributed by atoms with Gasteiger partial charge in [-0.2, -0.15) is 0 Å². The van der Waals surface area contributed by atoms with Gasteiger partial charge in [-0.15, -0.1) is 0 Å². The minimum absolute atomic E-state index is 0.173. The molecule has 8 heteroatoms. The van der Waals surface area contributed by atoms with Gasteiger partial charge in [0.05, 0.1) is 0 Å². The Labute approximate surface area is 166 Å². The third-order valence-electron chi connectivity index (χ3n) is 4.58. The van der Waals surface area contributed by atoms with Gasteiger partial charge >= 0.3 is 5.69 Å². The summed E-state index contributed by atoms with van der Waals surface area (Å²) in [7, 11) is 1.66. The summed E-state index contributed by atoms with van der Waals surface area (Å²) in [5, 5.41) is 0. The van der Waals surface area contributed by atoms with Gasteiger partial charge in [-0.1, -0.05) is 26.2 Å². The predicted molar refractivity (Wildman–Crippen MR) is 111 cm³/mol. The summed E-state index contributed by atoms with van der Waals surface area (Å²) in [5.74, 6) is 0.173. The van der Waals surface area contributed by atoms with Crippen LogP contribution in [0, 0.1) is 3.83 Å². The molecule has 144 valence electrons. The normalized spacial score (nSPS) is 11.4. The van der Waals surface area contributed by atoms with Gasteiger partial charge in [0.25, 0.3) is 5.56 Å². The molecule has 0 radical (unpaired) electrons. The highest BCUT2D eigenvalue weighted by Gasteiger charge is 2.18. The second-order valence-electron chi connectivity index (χ2n) is 6.72. The van der Waals surface area contributed by atoms with Gasteiger partial charge in [0.2, 0.25) is 0 Å². The molecule has 0 N–H and O–H groups in total. The van der Waals surface area contributed by atoms with E-state index in [1.807, 2.05) is 4.57 Å². The standard InChI is InChI=1S/C18H27IN4O3/c1-4-5-6-8-12-23-16(25)14-15(21(3)18(23)26)20-17(19)22(14)11-9-7-10-13(2)24/h4-12H2,1-3H3. The van der Waals surface area contributed by atoms with Crippen molar-refractivity contribution in [1.82, 2.24) is 18.7 Å². The van der Waals surface area contributed by atoms with Crippen LogP contribution in [-0.4, -0.2) is 24.5 Å². The lowest BCUT2D eigenvalue weighted by Gasteiger charge is -2.10. The maximum Gasteiger partial charge on any atom is 0.332 e. The second-order valence-corrected chi connectivity index (χ2v) is 7.69. The highest BCUT2D eigenvalue weighted by Crippen LogP contribution is 2.15. The van der Waals surface area contributed by atoms with E-state index in [0.29, 0.717) is 34.5 Å². The van der Waals surface area contributed by atoms with E-state index < -0.39 is 0 Å². The van der Waals surface area contributed by atoms with Gasteiger partial charge in [-0.05, 0) is 26.2 Å². The van der Waals surface area contributed by atoms with E-state index in [0.717, 1.165) is 38.5 Å². The summed E-state index contributed by atoms with van der Waals surface area (Å²) in [6.07, 6.45) is 6.15. The van der Waals surface area contributed by atoms with Gasteiger partial charge in [0.1, 0.15) is 5.78 Å². The molecule has 0 aliphatic rings. The van der Waals surface area contributed by atoms with Gasteiger partial charge < -0.3 is 9.36 Å². The zero-order valence-electron chi connectivity index (χ0n) is 15.8. The number of carbonyl (C=O) groups is 1. The van der Waals surface area contributed by atoms with E-state index in [9.17, 15) is 14.4 Å². The minimum Gasteiger partial charge on any atom is -0.313 e. The maximum absolute atomic E-state index is 13.0. The van der Waals surface area contributed by atoms with Crippen molar-refractivity contribution in [3.63, 3.8) is 0 Å². The molecule has 2 aromatic rings. The van der Waals surface area contributed by atoms with Gasteiger partial charge in [-0.25, -0.2) is 9.78 Å². The number of hydrogen-bond donors (Lipinski definition) is 0. The molecule has 0 amide bonds. The average Bonchev–Trinajstić information content (AvgIpc) is 2.93. The summed E-state index contributed by atoms with van der Waals surface area (Å²) in [6.45, 7) is 4.77. The summed E-state index contributed by atoms with van der Waals surface area (Å²) < 4.78 is 5.36. The van der Waals surface area contributed by atoms with E-state index in [1.54, 1.807) is 14.0 Å². The monoisotopic (exact) mass is 474 g/mol. The molecule has 0 fully saturated rings. The Morgan fingerprint density at radius 1 is 1.04 bits per heavy atom. The summed E-state index contributed by atoms with van der Waals surface area (Å²) >= 11 is 2.10. The van der Waals surface area contributed by atoms with Crippen molar-refractivity contribution in [3.8, 4) is 0 Å². The van der Waals surface area contributed by atoms with Crippen LogP contribution in [0.25, 0.3) is 11.2 Å². The number of aromatic nitrogens is 4. The Bertz CT molecular complexity index is 894. The average molecular weight is 474 g/mol. The lowest BCUT2D eigenvalue weighted by atomic mass is 10.2.